The minimum absolute atomic E-state index is 0.0839. The van der Waals surface area contributed by atoms with Gasteiger partial charge in [0, 0.05) is 31.4 Å². The molecule has 1 fully saturated rings. The molecule has 0 bridgehead atoms. The molecule has 1 aromatic carbocycles. The predicted octanol–water partition coefficient (Wildman–Crippen LogP) is 3.65. The highest BCUT2D eigenvalue weighted by molar-refractivity contribution is 7.98. The third-order valence-corrected chi connectivity index (χ3v) is 6.92. The summed E-state index contributed by atoms with van der Waals surface area (Å²) < 4.78 is 8.40. The highest BCUT2D eigenvalue weighted by Gasteiger charge is 2.29. The summed E-state index contributed by atoms with van der Waals surface area (Å²) in [5, 5.41) is 0.492. The minimum atomic E-state index is 0.0839. The molecule has 154 valence electrons. The average molecular weight is 412 g/mol. The van der Waals surface area contributed by atoms with Gasteiger partial charge in [-0.05, 0) is 78.9 Å². The van der Waals surface area contributed by atoms with Crippen LogP contribution in [0.3, 0.4) is 0 Å². The first-order valence-corrected chi connectivity index (χ1v) is 11.3. The molecule has 0 spiro atoms. The van der Waals surface area contributed by atoms with Gasteiger partial charge in [0.05, 0.1) is 18.8 Å². The smallest absolute Gasteiger partial charge is 0.234 e. The minimum Gasteiger partial charge on any atom is -0.481 e. The van der Waals surface area contributed by atoms with Crippen LogP contribution in [0.1, 0.15) is 37.0 Å². The topological polar surface area (TPSA) is 54.5 Å². The van der Waals surface area contributed by atoms with Gasteiger partial charge in [0.2, 0.25) is 11.8 Å². The number of likely N-dealkylation sites (tertiary alicyclic amines) is 1. The van der Waals surface area contributed by atoms with Crippen LogP contribution in [0, 0.1) is 0 Å². The monoisotopic (exact) mass is 411 g/mol. The quantitative estimate of drug-likeness (QED) is 0.705. The molecule has 2 heterocycles. The molecule has 0 saturated carbocycles. The van der Waals surface area contributed by atoms with E-state index in [0.29, 0.717) is 23.6 Å². The van der Waals surface area contributed by atoms with E-state index in [4.69, 9.17) is 4.74 Å². The van der Waals surface area contributed by atoms with Crippen LogP contribution in [0.2, 0.25) is 0 Å². The molecule has 2 aromatic rings. The van der Waals surface area contributed by atoms with Gasteiger partial charge in [0.1, 0.15) is 0 Å². The molecule has 1 saturated heterocycles. The van der Waals surface area contributed by atoms with E-state index in [1.54, 1.807) is 25.3 Å². The Morgan fingerprint density at radius 3 is 2.90 bits per heavy atom. The van der Waals surface area contributed by atoms with Crippen LogP contribution in [-0.4, -0.2) is 47.3 Å². The summed E-state index contributed by atoms with van der Waals surface area (Å²) >= 11 is 1.58. The van der Waals surface area contributed by atoms with Crippen molar-refractivity contribution in [3.8, 4) is 17.0 Å². The largest absolute Gasteiger partial charge is 0.481 e. The Hall–Kier alpha value is -2.05. The first-order valence-electron chi connectivity index (χ1n) is 10.4. The van der Waals surface area contributed by atoms with Crippen LogP contribution in [0.4, 0.5) is 0 Å². The lowest BCUT2D eigenvalue weighted by atomic mass is 9.91. The number of aryl methyl sites for hydroxylation is 1. The van der Waals surface area contributed by atoms with Gasteiger partial charge in [0.25, 0.3) is 0 Å². The van der Waals surface area contributed by atoms with Crippen LogP contribution >= 0.6 is 11.9 Å². The van der Waals surface area contributed by atoms with Crippen molar-refractivity contribution in [3.63, 3.8) is 0 Å². The number of hydrogen-bond donors (Lipinski definition) is 1. The zero-order valence-corrected chi connectivity index (χ0v) is 18.2. The molecular weight excluding hydrogens is 382 g/mol. The second-order valence-corrected chi connectivity index (χ2v) is 9.27. The zero-order chi connectivity index (χ0) is 20.4. The van der Waals surface area contributed by atoms with Gasteiger partial charge < -0.3 is 4.74 Å². The number of rotatable bonds is 7. The number of hydrogen-bond acceptors (Lipinski definition) is 5. The summed E-state index contributed by atoms with van der Waals surface area (Å²) in [4.78, 5) is 19.4. The summed E-state index contributed by atoms with van der Waals surface area (Å²) in [6.07, 6.45) is 5.49. The first-order chi connectivity index (χ1) is 14.0. The van der Waals surface area contributed by atoms with Crippen molar-refractivity contribution in [2.45, 2.75) is 50.8 Å². The van der Waals surface area contributed by atoms with E-state index in [1.807, 2.05) is 12.1 Å². The second-order valence-electron chi connectivity index (χ2n) is 8.16. The van der Waals surface area contributed by atoms with E-state index >= 15 is 0 Å². The first kappa shape index (κ1) is 20.2. The number of nitrogens with zero attached hydrogens (tertiary/aromatic N) is 2. The van der Waals surface area contributed by atoms with E-state index in [2.05, 4.69) is 40.6 Å². The molecule has 6 heteroatoms. The number of methoxy groups -OCH3 is 1. The Labute approximate surface area is 177 Å². The standard InChI is InChI=1S/C23H29N3O2S/c1-15(2)26-13-18(14-26)29-25-22(27)12-21-19-6-4-5-16(19)7-8-20(21)17-9-10-24-23(11-17)28-3/h7-11,15,18H,4-6,12-14H2,1-3H3,(H,25,27). The van der Waals surface area contributed by atoms with Crippen LogP contribution in [-0.2, 0) is 24.1 Å². The van der Waals surface area contributed by atoms with E-state index in [1.165, 1.54) is 11.1 Å². The highest BCUT2D eigenvalue weighted by Crippen LogP contribution is 2.34. The Balaban J connectivity index is 1.50. The Morgan fingerprint density at radius 1 is 1.31 bits per heavy atom. The van der Waals surface area contributed by atoms with Gasteiger partial charge >= 0.3 is 0 Å². The fourth-order valence-electron chi connectivity index (χ4n) is 4.22. The maximum atomic E-state index is 12.8. The van der Waals surface area contributed by atoms with Crippen molar-refractivity contribution < 1.29 is 9.53 Å². The SMILES string of the molecule is COc1cc(-c2ccc3c(c2CC(=O)NSC2CN(C(C)C)C2)CCC3)ccn1. The molecule has 0 atom stereocenters. The maximum Gasteiger partial charge on any atom is 0.234 e. The van der Waals surface area contributed by atoms with Gasteiger partial charge in [-0.25, -0.2) is 4.98 Å². The molecule has 1 amide bonds. The van der Waals surface area contributed by atoms with Crippen molar-refractivity contribution in [3.05, 3.63) is 47.2 Å². The summed E-state index contributed by atoms with van der Waals surface area (Å²) in [5.74, 6) is 0.675. The van der Waals surface area contributed by atoms with Crippen molar-refractivity contribution in [1.82, 2.24) is 14.6 Å². The van der Waals surface area contributed by atoms with E-state index in [-0.39, 0.29) is 5.91 Å². The van der Waals surface area contributed by atoms with Crippen molar-refractivity contribution in [2.24, 2.45) is 0 Å². The third kappa shape index (κ3) is 4.43. The summed E-state index contributed by atoms with van der Waals surface area (Å²) in [7, 11) is 1.63. The number of amides is 1. The number of carbonyl (C=O) groups excluding carboxylic acids is 1. The van der Waals surface area contributed by atoms with Crippen molar-refractivity contribution >= 4 is 17.9 Å². The number of benzene rings is 1. The molecule has 0 unspecified atom stereocenters. The van der Waals surface area contributed by atoms with Crippen molar-refractivity contribution in [1.29, 1.82) is 0 Å². The molecular formula is C23H29N3O2S. The summed E-state index contributed by atoms with van der Waals surface area (Å²) in [5.41, 5.74) is 6.06. The lowest BCUT2D eigenvalue weighted by Crippen LogP contribution is -2.53. The van der Waals surface area contributed by atoms with Crippen LogP contribution < -0.4 is 9.46 Å². The molecule has 1 N–H and O–H groups in total. The van der Waals surface area contributed by atoms with Gasteiger partial charge in [-0.3, -0.25) is 14.4 Å². The van der Waals surface area contributed by atoms with Crippen LogP contribution in [0.15, 0.2) is 30.5 Å². The Kier molecular flexibility index (Phi) is 6.11. The fraction of sp³-hybridized carbons (Fsp3) is 0.478. The lowest BCUT2D eigenvalue weighted by Gasteiger charge is -2.41. The number of carbonyl (C=O) groups is 1. The highest BCUT2D eigenvalue weighted by atomic mass is 32.2. The molecule has 4 rings (SSSR count). The normalized spacial score (nSPS) is 16.6. The number of ether oxygens (including phenoxy) is 1. The number of nitrogens with one attached hydrogen (secondary N) is 1. The van der Waals surface area contributed by atoms with Gasteiger partial charge in [-0.1, -0.05) is 12.1 Å². The number of fused-ring (bicyclic) bond motifs is 1. The number of pyridine rings is 1. The van der Waals surface area contributed by atoms with Crippen LogP contribution in [0.25, 0.3) is 11.1 Å². The number of aromatic nitrogens is 1. The predicted molar refractivity (Wildman–Crippen MR) is 118 cm³/mol. The zero-order valence-electron chi connectivity index (χ0n) is 17.4. The Bertz CT molecular complexity index is 894. The van der Waals surface area contributed by atoms with E-state index in [9.17, 15) is 4.79 Å². The van der Waals surface area contributed by atoms with E-state index < -0.39 is 0 Å². The Morgan fingerprint density at radius 2 is 2.14 bits per heavy atom. The van der Waals surface area contributed by atoms with Crippen molar-refractivity contribution in [2.75, 3.05) is 20.2 Å². The molecule has 2 aliphatic rings. The second kappa shape index (κ2) is 8.76. The molecule has 5 nitrogen and oxygen atoms in total. The molecule has 0 radical (unpaired) electrons. The summed E-state index contributed by atoms with van der Waals surface area (Å²) in [6.45, 7) is 6.52. The maximum absolute atomic E-state index is 12.8. The average Bonchev–Trinajstić information content (AvgIpc) is 3.16. The van der Waals surface area contributed by atoms with Gasteiger partial charge in [-0.2, -0.15) is 0 Å². The van der Waals surface area contributed by atoms with Gasteiger partial charge in [-0.15, -0.1) is 0 Å². The fourth-order valence-corrected chi connectivity index (χ4v) is 5.12. The molecule has 1 aliphatic heterocycles. The molecule has 1 aliphatic carbocycles. The third-order valence-electron chi connectivity index (χ3n) is 5.94. The van der Waals surface area contributed by atoms with Crippen LogP contribution in [0.5, 0.6) is 5.88 Å². The molecule has 29 heavy (non-hydrogen) atoms. The van der Waals surface area contributed by atoms with Gasteiger partial charge in [0.15, 0.2) is 0 Å². The van der Waals surface area contributed by atoms with E-state index in [0.717, 1.165) is 49.0 Å². The summed E-state index contributed by atoms with van der Waals surface area (Å²) in [6, 6.07) is 8.89. The molecule has 1 aromatic heterocycles. The lowest BCUT2D eigenvalue weighted by molar-refractivity contribution is -0.118.